The highest BCUT2D eigenvalue weighted by Gasteiger charge is 2.23. The summed E-state index contributed by atoms with van der Waals surface area (Å²) in [5.74, 6) is 1.76. The van der Waals surface area contributed by atoms with Crippen LogP contribution in [-0.4, -0.2) is 106 Å². The molecule has 1 aromatic rings. The standard InChI is InChI=1S/C23H37N5O3.HI/c1-26(2)22(29)19-25-23(24-11-6-12-27-15-17-30-18-16-27)28-13-9-21(10-14-28)31-20-7-4-3-5-8-20;/h3-5,7-8,21H,6,9-19H2,1-2H3,(H,24,25);1H. The van der Waals surface area contributed by atoms with Gasteiger partial charge in [0.25, 0.3) is 0 Å². The number of carbonyl (C=O) groups is 1. The Hall–Kier alpha value is -1.59. The van der Waals surface area contributed by atoms with E-state index in [-0.39, 0.29) is 42.5 Å². The number of halogens is 1. The van der Waals surface area contributed by atoms with Gasteiger partial charge in [0.2, 0.25) is 5.91 Å². The summed E-state index contributed by atoms with van der Waals surface area (Å²) in [5.41, 5.74) is 0. The number of amides is 1. The lowest BCUT2D eigenvalue weighted by Gasteiger charge is -2.34. The molecule has 0 spiro atoms. The molecule has 0 unspecified atom stereocenters. The number of rotatable bonds is 8. The number of guanidine groups is 1. The molecule has 9 heteroatoms. The number of likely N-dealkylation sites (tertiary alicyclic amines) is 1. The van der Waals surface area contributed by atoms with Crippen molar-refractivity contribution in [1.82, 2.24) is 20.0 Å². The lowest BCUT2D eigenvalue weighted by molar-refractivity contribution is -0.127. The van der Waals surface area contributed by atoms with Gasteiger partial charge < -0.3 is 24.6 Å². The third kappa shape index (κ3) is 9.11. The van der Waals surface area contributed by atoms with Crippen molar-refractivity contribution in [3.05, 3.63) is 30.3 Å². The number of piperidine rings is 1. The van der Waals surface area contributed by atoms with E-state index in [1.165, 1.54) is 0 Å². The fourth-order valence-electron chi connectivity index (χ4n) is 3.76. The first kappa shape index (κ1) is 26.7. The summed E-state index contributed by atoms with van der Waals surface area (Å²) in [5, 5.41) is 3.49. The predicted molar refractivity (Wildman–Crippen MR) is 138 cm³/mol. The molecule has 0 radical (unpaired) electrons. The topological polar surface area (TPSA) is 69.6 Å². The molecule has 0 aromatic heterocycles. The van der Waals surface area contributed by atoms with Crippen LogP contribution < -0.4 is 10.1 Å². The van der Waals surface area contributed by atoms with E-state index in [1.54, 1.807) is 19.0 Å². The molecular weight excluding hydrogens is 521 g/mol. The lowest BCUT2D eigenvalue weighted by Crippen LogP contribution is -2.48. The summed E-state index contributed by atoms with van der Waals surface area (Å²) >= 11 is 0. The second-order valence-electron chi connectivity index (χ2n) is 8.28. The van der Waals surface area contributed by atoms with Gasteiger partial charge in [-0.05, 0) is 25.1 Å². The van der Waals surface area contributed by atoms with Gasteiger partial charge in [-0.25, -0.2) is 4.99 Å². The Morgan fingerprint density at radius 1 is 1.16 bits per heavy atom. The van der Waals surface area contributed by atoms with Crippen LogP contribution >= 0.6 is 24.0 Å². The van der Waals surface area contributed by atoms with Crippen molar-refractivity contribution in [3.8, 4) is 5.75 Å². The van der Waals surface area contributed by atoms with Crippen LogP contribution in [0.5, 0.6) is 5.75 Å². The number of hydrogen-bond acceptors (Lipinski definition) is 5. The quantitative estimate of drug-likeness (QED) is 0.227. The molecule has 1 N–H and O–H groups in total. The maximum atomic E-state index is 12.1. The van der Waals surface area contributed by atoms with Crippen molar-refractivity contribution in [2.24, 2.45) is 4.99 Å². The van der Waals surface area contributed by atoms with Crippen LogP contribution in [0.1, 0.15) is 19.3 Å². The molecule has 8 nitrogen and oxygen atoms in total. The van der Waals surface area contributed by atoms with Gasteiger partial charge in [0.05, 0.1) is 13.2 Å². The van der Waals surface area contributed by atoms with Gasteiger partial charge in [-0.1, -0.05) is 18.2 Å². The van der Waals surface area contributed by atoms with Gasteiger partial charge >= 0.3 is 0 Å². The zero-order valence-corrected chi connectivity index (χ0v) is 21.7. The first-order valence-electron chi connectivity index (χ1n) is 11.4. The summed E-state index contributed by atoms with van der Waals surface area (Å²) in [6, 6.07) is 10.00. The number of para-hydroxylation sites is 1. The number of nitrogens with zero attached hydrogens (tertiary/aromatic N) is 4. The minimum atomic E-state index is 0. The number of aliphatic imine (C=N–C) groups is 1. The van der Waals surface area contributed by atoms with E-state index in [1.807, 2.05) is 30.3 Å². The molecule has 2 saturated heterocycles. The van der Waals surface area contributed by atoms with E-state index in [2.05, 4.69) is 20.1 Å². The van der Waals surface area contributed by atoms with Crippen molar-refractivity contribution < 1.29 is 14.3 Å². The van der Waals surface area contributed by atoms with E-state index >= 15 is 0 Å². The minimum absolute atomic E-state index is 0. The van der Waals surface area contributed by atoms with E-state index in [0.717, 1.165) is 83.5 Å². The van der Waals surface area contributed by atoms with Crippen LogP contribution in [0.15, 0.2) is 35.3 Å². The summed E-state index contributed by atoms with van der Waals surface area (Å²) < 4.78 is 11.5. The zero-order valence-electron chi connectivity index (χ0n) is 19.4. The van der Waals surface area contributed by atoms with Crippen LogP contribution in [0.2, 0.25) is 0 Å². The fraction of sp³-hybridized carbons (Fsp3) is 0.652. The number of morpholine rings is 1. The Bertz CT molecular complexity index is 690. The summed E-state index contributed by atoms with van der Waals surface area (Å²) in [7, 11) is 3.53. The number of nitrogens with one attached hydrogen (secondary N) is 1. The largest absolute Gasteiger partial charge is 0.490 e. The van der Waals surface area contributed by atoms with Crippen molar-refractivity contribution in [3.63, 3.8) is 0 Å². The number of benzene rings is 1. The molecule has 1 aromatic carbocycles. The third-order valence-corrected chi connectivity index (χ3v) is 5.69. The van der Waals surface area contributed by atoms with E-state index in [0.29, 0.717) is 0 Å². The highest BCUT2D eigenvalue weighted by Crippen LogP contribution is 2.18. The van der Waals surface area contributed by atoms with Crippen LogP contribution in [0.25, 0.3) is 0 Å². The number of hydrogen-bond donors (Lipinski definition) is 1. The number of carbonyl (C=O) groups excluding carboxylic acids is 1. The van der Waals surface area contributed by atoms with Crippen molar-refractivity contribution >= 4 is 35.8 Å². The minimum Gasteiger partial charge on any atom is -0.490 e. The highest BCUT2D eigenvalue weighted by molar-refractivity contribution is 14.0. The monoisotopic (exact) mass is 559 g/mol. The van der Waals surface area contributed by atoms with Crippen molar-refractivity contribution in [2.75, 3.05) is 73.1 Å². The molecule has 0 saturated carbocycles. The molecular formula is C23H38IN5O3. The van der Waals surface area contributed by atoms with Gasteiger partial charge in [-0.3, -0.25) is 9.69 Å². The first-order chi connectivity index (χ1) is 15.1. The Kier molecular flexibility index (Phi) is 12.1. The number of ether oxygens (including phenoxy) is 2. The smallest absolute Gasteiger partial charge is 0.243 e. The Labute approximate surface area is 209 Å². The molecule has 0 atom stereocenters. The average Bonchev–Trinajstić information content (AvgIpc) is 2.80. The van der Waals surface area contributed by atoms with Crippen LogP contribution in [0, 0.1) is 0 Å². The average molecular weight is 559 g/mol. The van der Waals surface area contributed by atoms with Crippen LogP contribution in [-0.2, 0) is 9.53 Å². The second kappa shape index (κ2) is 14.5. The Morgan fingerprint density at radius 2 is 1.84 bits per heavy atom. The zero-order chi connectivity index (χ0) is 21.9. The maximum Gasteiger partial charge on any atom is 0.243 e. The predicted octanol–water partition coefficient (Wildman–Crippen LogP) is 1.90. The van der Waals surface area contributed by atoms with Gasteiger partial charge in [-0.2, -0.15) is 0 Å². The molecule has 2 aliphatic rings. The first-order valence-corrected chi connectivity index (χ1v) is 11.4. The molecule has 1 amide bonds. The van der Waals surface area contributed by atoms with Crippen molar-refractivity contribution in [2.45, 2.75) is 25.4 Å². The molecule has 32 heavy (non-hydrogen) atoms. The van der Waals surface area contributed by atoms with Gasteiger partial charge in [0.15, 0.2) is 5.96 Å². The SMILES string of the molecule is CN(C)C(=O)CN=C(NCCCN1CCOCC1)N1CCC(Oc2ccccc2)CC1.I. The summed E-state index contributed by atoms with van der Waals surface area (Å²) in [6.07, 6.45) is 3.12. The third-order valence-electron chi connectivity index (χ3n) is 5.69. The van der Waals surface area contributed by atoms with Gasteiger partial charge in [-0.15, -0.1) is 24.0 Å². The van der Waals surface area contributed by atoms with Crippen LogP contribution in [0.4, 0.5) is 0 Å². The highest BCUT2D eigenvalue weighted by atomic mass is 127. The Balaban J connectivity index is 0.00000363. The summed E-state index contributed by atoms with van der Waals surface area (Å²) in [4.78, 5) is 23.0. The van der Waals surface area contributed by atoms with Gasteiger partial charge in [0, 0.05) is 59.7 Å². The van der Waals surface area contributed by atoms with Crippen LogP contribution in [0.3, 0.4) is 0 Å². The van der Waals surface area contributed by atoms with E-state index < -0.39 is 0 Å². The second-order valence-corrected chi connectivity index (χ2v) is 8.28. The lowest BCUT2D eigenvalue weighted by atomic mass is 10.1. The molecule has 0 aliphatic carbocycles. The van der Waals surface area contributed by atoms with E-state index in [4.69, 9.17) is 9.47 Å². The number of likely N-dealkylation sites (N-methyl/N-ethyl adjacent to an activating group) is 1. The Morgan fingerprint density at radius 3 is 2.50 bits per heavy atom. The summed E-state index contributed by atoms with van der Waals surface area (Å²) in [6.45, 7) is 7.45. The van der Waals surface area contributed by atoms with Gasteiger partial charge in [0.1, 0.15) is 18.4 Å². The maximum absolute atomic E-state index is 12.1. The van der Waals surface area contributed by atoms with E-state index in [9.17, 15) is 4.79 Å². The molecule has 2 fully saturated rings. The fourth-order valence-corrected chi connectivity index (χ4v) is 3.76. The van der Waals surface area contributed by atoms with Crippen molar-refractivity contribution in [1.29, 1.82) is 0 Å². The molecule has 0 bridgehead atoms. The molecule has 2 heterocycles. The molecule has 3 rings (SSSR count). The molecule has 2 aliphatic heterocycles. The molecule has 180 valence electrons. The normalized spacial score (nSPS) is 18.1.